The molecular formula is C29H29ClFN7O. The maximum absolute atomic E-state index is 16.4. The molecule has 2 fully saturated rings. The number of anilines is 1. The molecule has 0 bridgehead atoms. The van der Waals surface area contributed by atoms with E-state index in [0.29, 0.717) is 41.5 Å². The number of fused-ring (bicyclic) bond motifs is 2. The van der Waals surface area contributed by atoms with E-state index in [2.05, 4.69) is 28.1 Å². The van der Waals surface area contributed by atoms with Crippen LogP contribution in [0.3, 0.4) is 0 Å². The van der Waals surface area contributed by atoms with Crippen LogP contribution in [0.1, 0.15) is 19.3 Å². The van der Waals surface area contributed by atoms with E-state index in [9.17, 15) is 5.26 Å². The summed E-state index contributed by atoms with van der Waals surface area (Å²) in [6.07, 6.45) is 6.79. The Labute approximate surface area is 231 Å². The van der Waals surface area contributed by atoms with Gasteiger partial charge >= 0.3 is 6.01 Å². The van der Waals surface area contributed by atoms with Crippen LogP contribution in [-0.2, 0) is 0 Å². The molecule has 0 aliphatic carbocycles. The largest absolute Gasteiger partial charge is 0.462 e. The third-order valence-electron chi connectivity index (χ3n) is 8.02. The number of likely N-dealkylation sites (N-methyl/N-ethyl adjacent to an activating group) is 2. The van der Waals surface area contributed by atoms with Crippen molar-refractivity contribution in [2.24, 2.45) is 0 Å². The van der Waals surface area contributed by atoms with Crippen molar-refractivity contribution in [2.45, 2.75) is 31.3 Å². The van der Waals surface area contributed by atoms with E-state index < -0.39 is 5.82 Å². The summed E-state index contributed by atoms with van der Waals surface area (Å²) in [7, 11) is 3.99. The summed E-state index contributed by atoms with van der Waals surface area (Å²) < 4.78 is 22.5. The lowest BCUT2D eigenvalue weighted by atomic mass is 10.0. The number of benzene rings is 2. The van der Waals surface area contributed by atoms with Crippen LogP contribution < -0.4 is 9.64 Å². The minimum absolute atomic E-state index is 0.0381. The number of hydrogen-bond acceptors (Lipinski definition) is 8. The monoisotopic (exact) mass is 545 g/mol. The molecule has 4 heterocycles. The molecule has 0 N–H and O–H groups in total. The Hall–Kier alpha value is -3.74. The van der Waals surface area contributed by atoms with Crippen LogP contribution >= 0.6 is 11.6 Å². The average molecular weight is 546 g/mol. The Morgan fingerprint density at radius 3 is 2.74 bits per heavy atom. The van der Waals surface area contributed by atoms with Crippen molar-refractivity contribution in [3.05, 3.63) is 53.4 Å². The van der Waals surface area contributed by atoms with Crippen molar-refractivity contribution < 1.29 is 9.13 Å². The molecule has 2 saturated heterocycles. The Morgan fingerprint density at radius 1 is 1.18 bits per heavy atom. The van der Waals surface area contributed by atoms with Crippen LogP contribution in [0.15, 0.2) is 42.6 Å². The summed E-state index contributed by atoms with van der Waals surface area (Å²) in [6, 6.07) is 11.7. The molecule has 10 heteroatoms. The number of nitriles is 1. The van der Waals surface area contributed by atoms with Crippen LogP contribution in [0.2, 0.25) is 5.02 Å². The second kappa shape index (κ2) is 10.4. The van der Waals surface area contributed by atoms with Gasteiger partial charge in [-0.05, 0) is 44.3 Å². The minimum atomic E-state index is -0.551. The first-order chi connectivity index (χ1) is 18.9. The van der Waals surface area contributed by atoms with E-state index in [-0.39, 0.29) is 29.3 Å². The highest BCUT2D eigenvalue weighted by Crippen LogP contribution is 2.37. The van der Waals surface area contributed by atoms with Crippen molar-refractivity contribution >= 4 is 39.1 Å². The first-order valence-corrected chi connectivity index (χ1v) is 13.6. The van der Waals surface area contributed by atoms with Crippen LogP contribution in [0.4, 0.5) is 10.2 Å². The Balaban J connectivity index is 1.47. The molecule has 1 unspecified atom stereocenters. The maximum atomic E-state index is 16.4. The smallest absolute Gasteiger partial charge is 0.319 e. The summed E-state index contributed by atoms with van der Waals surface area (Å²) in [5.41, 5.74) is 0.916. The van der Waals surface area contributed by atoms with E-state index in [1.165, 1.54) is 0 Å². The summed E-state index contributed by atoms with van der Waals surface area (Å²) in [6.45, 7) is 2.69. The standard InChI is InChI=1S/C29H29ClFN7O/c1-36-12-5-8-20(36)16-39-29-34-27-22(28(35-29)37(2)19-11-13-38(15-19)17-32)14-33-26(25(27)31)21-9-3-6-18-7-4-10-23(30)24(18)21/h3-4,6-7,9-10,14,19-20H,5,8,11-13,15-16H2,1-2H3/t19?,20-/m0/s1. The van der Waals surface area contributed by atoms with Crippen LogP contribution in [0.25, 0.3) is 32.9 Å². The van der Waals surface area contributed by atoms with Crippen molar-refractivity contribution in [1.82, 2.24) is 24.8 Å². The fourth-order valence-electron chi connectivity index (χ4n) is 5.72. The predicted octanol–water partition coefficient (Wildman–Crippen LogP) is 5.10. The van der Waals surface area contributed by atoms with Crippen molar-refractivity contribution in [3.8, 4) is 23.5 Å². The van der Waals surface area contributed by atoms with Gasteiger partial charge in [-0.3, -0.25) is 4.98 Å². The normalized spacial score (nSPS) is 19.6. The second-order valence-electron chi connectivity index (χ2n) is 10.3. The molecule has 2 aromatic heterocycles. The minimum Gasteiger partial charge on any atom is -0.462 e. The van der Waals surface area contributed by atoms with Gasteiger partial charge in [-0.15, -0.1) is 0 Å². The highest BCUT2D eigenvalue weighted by Gasteiger charge is 2.29. The zero-order chi connectivity index (χ0) is 27.1. The number of rotatable bonds is 6. The summed E-state index contributed by atoms with van der Waals surface area (Å²) in [5.74, 6) is -0.0154. The molecule has 200 valence electrons. The first kappa shape index (κ1) is 25.5. The summed E-state index contributed by atoms with van der Waals surface area (Å²) in [4.78, 5) is 19.8. The van der Waals surface area contributed by atoms with Crippen molar-refractivity contribution in [3.63, 3.8) is 0 Å². The van der Waals surface area contributed by atoms with Crippen molar-refractivity contribution in [2.75, 3.05) is 45.2 Å². The summed E-state index contributed by atoms with van der Waals surface area (Å²) in [5, 5.41) is 12.0. The molecule has 4 aromatic rings. The number of pyridine rings is 1. The molecule has 0 spiro atoms. The Morgan fingerprint density at radius 2 is 2.00 bits per heavy atom. The Bertz CT molecular complexity index is 1590. The molecule has 2 aromatic carbocycles. The number of halogens is 2. The quantitative estimate of drug-likeness (QED) is 0.309. The number of hydrogen-bond donors (Lipinski definition) is 0. The molecule has 0 radical (unpaired) electrons. The maximum Gasteiger partial charge on any atom is 0.319 e. The zero-order valence-corrected chi connectivity index (χ0v) is 22.7. The fourth-order valence-corrected chi connectivity index (χ4v) is 6.00. The van der Waals surface area contributed by atoms with Gasteiger partial charge in [0, 0.05) is 48.3 Å². The van der Waals surface area contributed by atoms with E-state index in [4.69, 9.17) is 21.3 Å². The van der Waals surface area contributed by atoms with Gasteiger partial charge in [0.05, 0.1) is 11.4 Å². The molecule has 2 aliphatic rings. The van der Waals surface area contributed by atoms with E-state index in [0.717, 1.165) is 36.6 Å². The predicted molar refractivity (Wildman–Crippen MR) is 150 cm³/mol. The molecule has 2 aliphatic heterocycles. The molecule has 0 amide bonds. The zero-order valence-electron chi connectivity index (χ0n) is 21.9. The molecule has 2 atom stereocenters. The Kier molecular flexibility index (Phi) is 6.83. The van der Waals surface area contributed by atoms with Gasteiger partial charge in [0.25, 0.3) is 0 Å². The van der Waals surface area contributed by atoms with Crippen LogP contribution in [-0.4, -0.2) is 77.2 Å². The molecule has 8 nitrogen and oxygen atoms in total. The lowest BCUT2D eigenvalue weighted by molar-refractivity contribution is 0.188. The number of aromatic nitrogens is 3. The lowest BCUT2D eigenvalue weighted by Crippen LogP contribution is -2.35. The first-order valence-electron chi connectivity index (χ1n) is 13.2. The summed E-state index contributed by atoms with van der Waals surface area (Å²) >= 11 is 6.55. The number of nitrogens with zero attached hydrogens (tertiary/aromatic N) is 7. The lowest BCUT2D eigenvalue weighted by Gasteiger charge is -2.27. The van der Waals surface area contributed by atoms with Gasteiger partial charge in [-0.25, -0.2) is 4.39 Å². The fraction of sp³-hybridized carbons (Fsp3) is 0.379. The van der Waals surface area contributed by atoms with Gasteiger partial charge in [-0.2, -0.15) is 15.2 Å². The highest BCUT2D eigenvalue weighted by molar-refractivity contribution is 6.36. The van der Waals surface area contributed by atoms with E-state index in [1.54, 1.807) is 17.2 Å². The van der Waals surface area contributed by atoms with Crippen LogP contribution in [0.5, 0.6) is 6.01 Å². The second-order valence-corrected chi connectivity index (χ2v) is 10.8. The van der Waals surface area contributed by atoms with Crippen molar-refractivity contribution in [1.29, 1.82) is 5.26 Å². The van der Waals surface area contributed by atoms with Gasteiger partial charge in [0.2, 0.25) is 0 Å². The SMILES string of the molecule is CN(c1nc(OC[C@@H]2CCCN2C)nc2c(F)c(-c3cccc4cccc(Cl)c34)ncc12)C1CCN(C#N)C1. The highest BCUT2D eigenvalue weighted by atomic mass is 35.5. The van der Waals surface area contributed by atoms with Crippen LogP contribution in [0, 0.1) is 17.3 Å². The number of likely N-dealkylation sites (tertiary alicyclic amines) is 2. The molecule has 39 heavy (non-hydrogen) atoms. The molecule has 0 saturated carbocycles. The molecular weight excluding hydrogens is 517 g/mol. The molecule has 6 rings (SSSR count). The third-order valence-corrected chi connectivity index (χ3v) is 8.33. The van der Waals surface area contributed by atoms with E-state index >= 15 is 4.39 Å². The van der Waals surface area contributed by atoms with Gasteiger partial charge in [0.1, 0.15) is 23.6 Å². The topological polar surface area (TPSA) is 81.4 Å². The van der Waals surface area contributed by atoms with E-state index in [1.807, 2.05) is 42.3 Å². The third kappa shape index (κ3) is 4.68. The number of ether oxygens (including phenoxy) is 1. The average Bonchev–Trinajstić information content (AvgIpc) is 3.60. The van der Waals surface area contributed by atoms with Gasteiger partial charge < -0.3 is 19.4 Å². The van der Waals surface area contributed by atoms with Gasteiger partial charge in [0.15, 0.2) is 12.0 Å². The van der Waals surface area contributed by atoms with Gasteiger partial charge in [-0.1, -0.05) is 41.9 Å².